The van der Waals surface area contributed by atoms with Crippen LogP contribution in [0.15, 0.2) is 36.4 Å². The van der Waals surface area contributed by atoms with Crippen molar-refractivity contribution in [2.45, 2.75) is 38.5 Å². The lowest BCUT2D eigenvalue weighted by molar-refractivity contribution is -0.159. The first-order valence-corrected chi connectivity index (χ1v) is 9.07. The van der Waals surface area contributed by atoms with Crippen LogP contribution in [0.4, 0.5) is 0 Å². The van der Waals surface area contributed by atoms with Crippen molar-refractivity contribution >= 4 is 11.9 Å². The Morgan fingerprint density at radius 3 is 2.62 bits per heavy atom. The highest BCUT2D eigenvalue weighted by Crippen LogP contribution is 2.44. The Labute approximate surface area is 153 Å². The summed E-state index contributed by atoms with van der Waals surface area (Å²) >= 11 is 0. The van der Waals surface area contributed by atoms with E-state index in [0.29, 0.717) is 19.4 Å². The number of aryl methyl sites for hydroxylation is 1. The zero-order valence-corrected chi connectivity index (χ0v) is 15.1. The summed E-state index contributed by atoms with van der Waals surface area (Å²) in [7, 11) is 1.75. The predicted molar refractivity (Wildman–Crippen MR) is 98.5 cm³/mol. The molecule has 1 amide bonds. The van der Waals surface area contributed by atoms with Gasteiger partial charge in [-0.05, 0) is 31.7 Å². The summed E-state index contributed by atoms with van der Waals surface area (Å²) in [5.74, 6) is -0.918. The monoisotopic (exact) mass is 355 g/mol. The number of nitrogens with zero attached hydrogens (tertiary/aromatic N) is 2. The molecule has 6 heteroatoms. The number of hydrogen-bond donors (Lipinski definition) is 2. The van der Waals surface area contributed by atoms with Crippen LogP contribution in [0.2, 0.25) is 0 Å². The minimum atomic E-state index is -0.837. The highest BCUT2D eigenvalue weighted by molar-refractivity contribution is 5.85. The average Bonchev–Trinajstić information content (AvgIpc) is 3.07. The first-order valence-electron chi connectivity index (χ1n) is 9.07. The number of carboxylic acid groups (broad SMARTS) is 1. The number of carbonyl (C=O) groups is 2. The number of hydrogen-bond acceptors (Lipinski definition) is 3. The predicted octanol–water partition coefficient (Wildman–Crippen LogP) is 3.11. The van der Waals surface area contributed by atoms with Crippen molar-refractivity contribution in [1.82, 2.24) is 15.1 Å². The number of carbonyl (C=O) groups excluding carboxylic acids is 1. The summed E-state index contributed by atoms with van der Waals surface area (Å²) in [4.78, 5) is 25.4. The lowest BCUT2D eigenvalue weighted by Crippen LogP contribution is -2.43. The van der Waals surface area contributed by atoms with Gasteiger partial charge in [0.15, 0.2) is 0 Å². The van der Waals surface area contributed by atoms with E-state index in [9.17, 15) is 14.7 Å². The first kappa shape index (κ1) is 18.2. The SMILES string of the molecule is CN(CCCc1cc(-c2ccccc2)n[nH]1)C(=O)CC1(C(=O)O)CCC1. The number of benzene rings is 1. The quantitative estimate of drug-likeness (QED) is 0.762. The maximum absolute atomic E-state index is 12.3. The van der Waals surface area contributed by atoms with Crippen LogP contribution in [0.1, 0.15) is 37.8 Å². The Morgan fingerprint density at radius 1 is 1.27 bits per heavy atom. The van der Waals surface area contributed by atoms with Crippen LogP contribution in [-0.4, -0.2) is 45.7 Å². The topological polar surface area (TPSA) is 86.3 Å². The van der Waals surface area contributed by atoms with Gasteiger partial charge in [0.05, 0.1) is 11.1 Å². The van der Waals surface area contributed by atoms with Gasteiger partial charge in [0.1, 0.15) is 0 Å². The second-order valence-electron chi connectivity index (χ2n) is 7.18. The molecule has 3 rings (SSSR count). The fourth-order valence-electron chi connectivity index (χ4n) is 3.37. The van der Waals surface area contributed by atoms with Crippen molar-refractivity contribution in [3.63, 3.8) is 0 Å². The van der Waals surface area contributed by atoms with Crippen LogP contribution in [0.5, 0.6) is 0 Å². The Kier molecular flexibility index (Phi) is 5.40. The van der Waals surface area contributed by atoms with E-state index in [1.807, 2.05) is 36.4 Å². The smallest absolute Gasteiger partial charge is 0.310 e. The van der Waals surface area contributed by atoms with Gasteiger partial charge in [-0.3, -0.25) is 14.7 Å². The van der Waals surface area contributed by atoms with Crippen LogP contribution in [0, 0.1) is 5.41 Å². The Balaban J connectivity index is 1.46. The summed E-state index contributed by atoms with van der Waals surface area (Å²) in [6.45, 7) is 0.605. The molecule has 0 saturated heterocycles. The molecule has 6 nitrogen and oxygen atoms in total. The van der Waals surface area contributed by atoms with Gasteiger partial charge in [0.2, 0.25) is 5.91 Å². The van der Waals surface area contributed by atoms with E-state index >= 15 is 0 Å². The molecule has 1 heterocycles. The minimum Gasteiger partial charge on any atom is -0.481 e. The van der Waals surface area contributed by atoms with Crippen molar-refractivity contribution in [2.75, 3.05) is 13.6 Å². The molecule has 1 fully saturated rings. The Hall–Kier alpha value is -2.63. The van der Waals surface area contributed by atoms with Crippen LogP contribution in [0.25, 0.3) is 11.3 Å². The molecule has 138 valence electrons. The highest BCUT2D eigenvalue weighted by Gasteiger charge is 2.46. The maximum atomic E-state index is 12.3. The van der Waals surface area contributed by atoms with Crippen LogP contribution < -0.4 is 0 Å². The van der Waals surface area contributed by atoms with Gasteiger partial charge in [-0.25, -0.2) is 0 Å². The van der Waals surface area contributed by atoms with Crippen molar-refractivity contribution in [3.8, 4) is 11.3 Å². The molecule has 1 aromatic carbocycles. The number of amides is 1. The summed E-state index contributed by atoms with van der Waals surface area (Å²) in [5, 5.41) is 16.7. The van der Waals surface area contributed by atoms with Gasteiger partial charge >= 0.3 is 5.97 Å². The molecule has 2 N–H and O–H groups in total. The van der Waals surface area contributed by atoms with Crippen molar-refractivity contribution in [3.05, 3.63) is 42.1 Å². The molecule has 1 aliphatic rings. The maximum Gasteiger partial charge on any atom is 0.310 e. The summed E-state index contributed by atoms with van der Waals surface area (Å²) in [6.07, 6.45) is 3.82. The van der Waals surface area contributed by atoms with E-state index in [1.165, 1.54) is 0 Å². The van der Waals surface area contributed by atoms with E-state index in [-0.39, 0.29) is 12.3 Å². The van der Waals surface area contributed by atoms with Gasteiger partial charge < -0.3 is 10.0 Å². The molecule has 0 aliphatic heterocycles. The molecule has 0 atom stereocenters. The van der Waals surface area contributed by atoms with E-state index in [0.717, 1.165) is 36.2 Å². The molecule has 1 aromatic heterocycles. The summed E-state index contributed by atoms with van der Waals surface area (Å²) in [5.41, 5.74) is 2.20. The fourth-order valence-corrected chi connectivity index (χ4v) is 3.37. The summed E-state index contributed by atoms with van der Waals surface area (Å²) in [6, 6.07) is 12.0. The Bertz CT molecular complexity index is 766. The number of aromatic amines is 1. The number of carboxylic acids is 1. The van der Waals surface area contributed by atoms with Crippen LogP contribution >= 0.6 is 0 Å². The molecule has 0 radical (unpaired) electrons. The van der Waals surface area contributed by atoms with Crippen molar-refractivity contribution in [2.24, 2.45) is 5.41 Å². The second-order valence-corrected chi connectivity index (χ2v) is 7.18. The van der Waals surface area contributed by atoms with E-state index in [1.54, 1.807) is 11.9 Å². The molecule has 26 heavy (non-hydrogen) atoms. The number of H-pyrrole nitrogens is 1. The van der Waals surface area contributed by atoms with Gasteiger partial charge in [-0.1, -0.05) is 36.8 Å². The fraction of sp³-hybridized carbons (Fsp3) is 0.450. The molecular weight excluding hydrogens is 330 g/mol. The van der Waals surface area contributed by atoms with Gasteiger partial charge in [0, 0.05) is 31.3 Å². The number of aromatic nitrogens is 2. The number of nitrogens with one attached hydrogen (secondary N) is 1. The van der Waals surface area contributed by atoms with Gasteiger partial charge in [0.25, 0.3) is 0 Å². The van der Waals surface area contributed by atoms with Crippen LogP contribution in [0.3, 0.4) is 0 Å². The molecule has 1 aliphatic carbocycles. The highest BCUT2D eigenvalue weighted by atomic mass is 16.4. The molecular formula is C20H25N3O3. The van der Waals surface area contributed by atoms with E-state index in [4.69, 9.17) is 0 Å². The standard InChI is InChI=1S/C20H25N3O3/c1-23(18(24)14-20(19(25)26)10-6-11-20)12-5-9-16-13-17(22-21-16)15-7-3-2-4-8-15/h2-4,7-8,13H,5-6,9-12,14H2,1H3,(H,21,22)(H,25,26). The number of rotatable bonds is 8. The van der Waals surface area contributed by atoms with E-state index < -0.39 is 11.4 Å². The number of aliphatic carboxylic acids is 1. The second kappa shape index (κ2) is 7.72. The normalized spacial score (nSPS) is 15.3. The third-order valence-corrected chi connectivity index (χ3v) is 5.32. The molecule has 0 unspecified atom stereocenters. The first-order chi connectivity index (χ1) is 12.5. The third kappa shape index (κ3) is 3.95. The average molecular weight is 355 g/mol. The largest absolute Gasteiger partial charge is 0.481 e. The Morgan fingerprint density at radius 2 is 2.00 bits per heavy atom. The lowest BCUT2D eigenvalue weighted by Gasteiger charge is -2.38. The zero-order valence-electron chi connectivity index (χ0n) is 15.1. The van der Waals surface area contributed by atoms with Crippen LogP contribution in [-0.2, 0) is 16.0 Å². The molecule has 0 bridgehead atoms. The zero-order chi connectivity index (χ0) is 18.6. The van der Waals surface area contributed by atoms with Crippen molar-refractivity contribution < 1.29 is 14.7 Å². The minimum absolute atomic E-state index is 0.0818. The third-order valence-electron chi connectivity index (χ3n) is 5.32. The molecule has 2 aromatic rings. The summed E-state index contributed by atoms with van der Waals surface area (Å²) < 4.78 is 0. The lowest BCUT2D eigenvalue weighted by atomic mass is 9.66. The van der Waals surface area contributed by atoms with Crippen molar-refractivity contribution in [1.29, 1.82) is 0 Å². The molecule has 1 saturated carbocycles. The van der Waals surface area contributed by atoms with Gasteiger partial charge in [-0.15, -0.1) is 0 Å². The van der Waals surface area contributed by atoms with E-state index in [2.05, 4.69) is 10.2 Å². The van der Waals surface area contributed by atoms with Gasteiger partial charge in [-0.2, -0.15) is 5.10 Å². The molecule has 0 spiro atoms.